The van der Waals surface area contributed by atoms with Crippen molar-refractivity contribution in [2.24, 2.45) is 0 Å². The largest absolute Gasteiger partial charge is 0.486 e. The van der Waals surface area contributed by atoms with Crippen LogP contribution in [0.4, 0.5) is 0 Å². The van der Waals surface area contributed by atoms with Crippen molar-refractivity contribution in [1.82, 2.24) is 31.1 Å². The molecule has 0 bridgehead atoms. The van der Waals surface area contributed by atoms with Crippen LogP contribution in [0, 0.1) is 0 Å². The number of amides is 2. The molecule has 0 aliphatic heterocycles. The van der Waals surface area contributed by atoms with Crippen LogP contribution in [0.1, 0.15) is 35.2 Å². The van der Waals surface area contributed by atoms with E-state index in [0.29, 0.717) is 22.7 Å². The molecule has 4 rings (SSSR count). The highest BCUT2D eigenvalue weighted by Crippen LogP contribution is 2.36. The Hall–Kier alpha value is -3.34. The van der Waals surface area contributed by atoms with E-state index < -0.39 is 5.91 Å². The number of carbonyl (C=O) groups excluding carboxylic acids is 2. The van der Waals surface area contributed by atoms with E-state index in [1.54, 1.807) is 10.7 Å². The van der Waals surface area contributed by atoms with Crippen LogP contribution in [-0.4, -0.2) is 37.8 Å². The van der Waals surface area contributed by atoms with E-state index in [1.807, 2.05) is 30.3 Å². The lowest BCUT2D eigenvalue weighted by molar-refractivity contribution is -0.119. The first-order valence-electron chi connectivity index (χ1n) is 8.95. The molecule has 29 heavy (non-hydrogen) atoms. The number of tetrazole rings is 1. The Morgan fingerprint density at radius 3 is 2.79 bits per heavy atom. The van der Waals surface area contributed by atoms with Crippen LogP contribution in [-0.2, 0) is 11.4 Å². The summed E-state index contributed by atoms with van der Waals surface area (Å²) >= 11 is 1.21. The van der Waals surface area contributed by atoms with Crippen molar-refractivity contribution in [3.63, 3.8) is 0 Å². The topological polar surface area (TPSA) is 124 Å². The Bertz CT molecular complexity index is 985. The van der Waals surface area contributed by atoms with Gasteiger partial charge in [-0.15, -0.1) is 5.10 Å². The maximum absolute atomic E-state index is 12.1. The maximum Gasteiger partial charge on any atom is 0.305 e. The van der Waals surface area contributed by atoms with Crippen LogP contribution in [0.25, 0.3) is 0 Å². The molecule has 1 fully saturated rings. The Labute approximate surface area is 170 Å². The fourth-order valence-electron chi connectivity index (χ4n) is 2.43. The van der Waals surface area contributed by atoms with Crippen molar-refractivity contribution in [3.05, 3.63) is 54.0 Å². The summed E-state index contributed by atoms with van der Waals surface area (Å²) < 4.78 is 12.7. The maximum atomic E-state index is 12.1. The molecule has 0 spiro atoms. The van der Waals surface area contributed by atoms with Gasteiger partial charge >= 0.3 is 5.91 Å². The number of hydrazine groups is 1. The third-order valence-electron chi connectivity index (χ3n) is 4.01. The summed E-state index contributed by atoms with van der Waals surface area (Å²) in [6, 6.07) is 12.8. The fraction of sp³-hybridized carbons (Fsp3) is 0.278. The molecule has 1 aromatic carbocycles. The van der Waals surface area contributed by atoms with Gasteiger partial charge in [-0.3, -0.25) is 20.4 Å². The number of rotatable bonds is 8. The van der Waals surface area contributed by atoms with Crippen LogP contribution in [0.3, 0.4) is 0 Å². The fourth-order valence-corrected chi connectivity index (χ4v) is 3.18. The number of hydrogen-bond donors (Lipinski definition) is 2. The third-order valence-corrected chi connectivity index (χ3v) is 4.95. The third kappa shape index (κ3) is 5.13. The molecule has 3 aromatic rings. The Morgan fingerprint density at radius 2 is 2.00 bits per heavy atom. The van der Waals surface area contributed by atoms with Crippen LogP contribution in [0.5, 0.6) is 5.75 Å². The average Bonchev–Trinajstić information content (AvgIpc) is 3.29. The highest BCUT2D eigenvalue weighted by atomic mass is 32.2. The van der Waals surface area contributed by atoms with Crippen molar-refractivity contribution in [2.45, 2.75) is 30.6 Å². The summed E-state index contributed by atoms with van der Waals surface area (Å²) in [7, 11) is 0. The van der Waals surface area contributed by atoms with Gasteiger partial charge in [0.15, 0.2) is 5.76 Å². The number of benzene rings is 1. The molecule has 0 unspecified atom stereocenters. The van der Waals surface area contributed by atoms with Crippen LogP contribution >= 0.6 is 11.8 Å². The molecule has 2 aromatic heterocycles. The molecular formula is C18H18N6O4S. The minimum atomic E-state index is -0.558. The molecule has 11 heteroatoms. The second-order valence-electron chi connectivity index (χ2n) is 6.30. The minimum Gasteiger partial charge on any atom is -0.486 e. The van der Waals surface area contributed by atoms with E-state index in [4.69, 9.17) is 9.15 Å². The standard InChI is InChI=1S/C18H18N6O4S/c25-16(11-29-18-21-22-23-24(18)12-6-7-12)19-20-17(26)15-9-8-14(28-15)10-27-13-4-2-1-3-5-13/h1-5,8-9,12H,6-7,10-11H2,(H,19,25)(H,20,26). The summed E-state index contributed by atoms with van der Waals surface area (Å²) in [6.45, 7) is 0.190. The number of thioether (sulfide) groups is 1. The lowest BCUT2D eigenvalue weighted by Gasteiger charge is -2.06. The Balaban J connectivity index is 1.20. The summed E-state index contributed by atoms with van der Waals surface area (Å²) in [5, 5.41) is 12.0. The van der Waals surface area contributed by atoms with E-state index in [0.717, 1.165) is 12.8 Å². The van der Waals surface area contributed by atoms with Gasteiger partial charge in [0.25, 0.3) is 0 Å². The molecular weight excluding hydrogens is 396 g/mol. The summed E-state index contributed by atoms with van der Waals surface area (Å²) in [4.78, 5) is 24.1. The number of hydrogen-bond acceptors (Lipinski definition) is 8. The number of nitrogens with zero attached hydrogens (tertiary/aromatic N) is 4. The molecule has 0 radical (unpaired) electrons. The van der Waals surface area contributed by atoms with Crippen molar-refractivity contribution in [2.75, 3.05) is 5.75 Å². The minimum absolute atomic E-state index is 0.0711. The number of furan rings is 1. The van der Waals surface area contributed by atoms with Crippen molar-refractivity contribution < 1.29 is 18.7 Å². The van der Waals surface area contributed by atoms with E-state index >= 15 is 0 Å². The molecule has 2 amide bonds. The highest BCUT2D eigenvalue weighted by molar-refractivity contribution is 7.99. The molecule has 150 valence electrons. The first-order chi connectivity index (χ1) is 14.2. The second kappa shape index (κ2) is 8.78. The number of para-hydroxylation sites is 1. The predicted octanol–water partition coefficient (Wildman–Crippen LogP) is 1.73. The van der Waals surface area contributed by atoms with Gasteiger partial charge in [-0.1, -0.05) is 30.0 Å². The van der Waals surface area contributed by atoms with Gasteiger partial charge in [0.2, 0.25) is 11.1 Å². The van der Waals surface area contributed by atoms with Crippen LogP contribution in [0.2, 0.25) is 0 Å². The highest BCUT2D eigenvalue weighted by Gasteiger charge is 2.28. The lowest BCUT2D eigenvalue weighted by atomic mass is 10.3. The first kappa shape index (κ1) is 19.0. The van der Waals surface area contributed by atoms with Gasteiger partial charge in [0.05, 0.1) is 11.8 Å². The second-order valence-corrected chi connectivity index (χ2v) is 7.24. The van der Waals surface area contributed by atoms with Gasteiger partial charge in [-0.2, -0.15) is 0 Å². The predicted molar refractivity (Wildman–Crippen MR) is 102 cm³/mol. The number of nitrogens with one attached hydrogen (secondary N) is 2. The lowest BCUT2D eigenvalue weighted by Crippen LogP contribution is -2.42. The van der Waals surface area contributed by atoms with Crippen molar-refractivity contribution >= 4 is 23.6 Å². The summed E-state index contributed by atoms with van der Waals surface area (Å²) in [5.74, 6) is 0.397. The van der Waals surface area contributed by atoms with Gasteiger partial charge < -0.3 is 9.15 Å². The zero-order chi connectivity index (χ0) is 20.1. The number of aromatic nitrogens is 4. The molecule has 2 heterocycles. The normalized spacial score (nSPS) is 13.1. The smallest absolute Gasteiger partial charge is 0.305 e. The molecule has 1 aliphatic carbocycles. The number of carbonyl (C=O) groups is 2. The van der Waals surface area contributed by atoms with Crippen molar-refractivity contribution in [3.8, 4) is 5.75 Å². The zero-order valence-corrected chi connectivity index (χ0v) is 16.1. The van der Waals surface area contributed by atoms with Gasteiger partial charge in [-0.05, 0) is 47.5 Å². The Kier molecular flexibility index (Phi) is 5.75. The zero-order valence-electron chi connectivity index (χ0n) is 15.3. The molecule has 1 saturated carbocycles. The van der Waals surface area contributed by atoms with E-state index in [2.05, 4.69) is 26.4 Å². The van der Waals surface area contributed by atoms with E-state index in [-0.39, 0.29) is 24.0 Å². The quantitative estimate of drug-likeness (QED) is 0.422. The van der Waals surface area contributed by atoms with Crippen molar-refractivity contribution in [1.29, 1.82) is 0 Å². The van der Waals surface area contributed by atoms with E-state index in [1.165, 1.54) is 17.8 Å². The molecule has 2 N–H and O–H groups in total. The van der Waals surface area contributed by atoms with Crippen LogP contribution < -0.4 is 15.6 Å². The number of ether oxygens (including phenoxy) is 1. The van der Waals surface area contributed by atoms with Gasteiger partial charge in [-0.25, -0.2) is 4.68 Å². The molecule has 0 atom stereocenters. The summed E-state index contributed by atoms with van der Waals surface area (Å²) in [6.07, 6.45) is 2.09. The average molecular weight is 414 g/mol. The SMILES string of the molecule is O=C(CSc1nnnn1C1CC1)NNC(=O)c1ccc(COc2ccccc2)o1. The molecule has 0 saturated heterocycles. The van der Waals surface area contributed by atoms with Gasteiger partial charge in [0.1, 0.15) is 18.1 Å². The first-order valence-corrected chi connectivity index (χ1v) is 9.94. The van der Waals surface area contributed by atoms with Gasteiger partial charge in [0, 0.05) is 0 Å². The Morgan fingerprint density at radius 1 is 1.17 bits per heavy atom. The van der Waals surface area contributed by atoms with Crippen LogP contribution in [0.15, 0.2) is 52.0 Å². The van der Waals surface area contributed by atoms with E-state index in [9.17, 15) is 9.59 Å². The molecule has 10 nitrogen and oxygen atoms in total. The summed E-state index contributed by atoms with van der Waals surface area (Å²) in [5.41, 5.74) is 4.67. The molecule has 1 aliphatic rings. The monoisotopic (exact) mass is 414 g/mol.